The highest BCUT2D eigenvalue weighted by Gasteiger charge is 2.25. The third-order valence-corrected chi connectivity index (χ3v) is 5.55. The lowest BCUT2D eigenvalue weighted by Crippen LogP contribution is -2.15. The Hall–Kier alpha value is -1.45. The molecule has 9 heteroatoms. The molecule has 0 saturated heterocycles. The van der Waals surface area contributed by atoms with Crippen LogP contribution in [0, 0.1) is 20.8 Å². The largest absolute Gasteiger partial charge is 0.396 e. The number of thiazole rings is 1. The predicted octanol–water partition coefficient (Wildman–Crippen LogP) is 1.45. The van der Waals surface area contributed by atoms with E-state index in [1.165, 1.54) is 11.3 Å². The SMILES string of the molecule is Cc1csc(NS(=O)(=O)c2c(C)nn(CCCO)c2C)n1. The van der Waals surface area contributed by atoms with Crippen molar-refractivity contribution in [2.45, 2.75) is 38.6 Å². The number of nitrogens with zero attached hydrogens (tertiary/aromatic N) is 3. The van der Waals surface area contributed by atoms with E-state index in [9.17, 15) is 8.42 Å². The summed E-state index contributed by atoms with van der Waals surface area (Å²) in [5.74, 6) is 0. The summed E-state index contributed by atoms with van der Waals surface area (Å²) in [4.78, 5) is 4.28. The normalized spacial score (nSPS) is 11.8. The van der Waals surface area contributed by atoms with Crippen molar-refractivity contribution in [1.29, 1.82) is 0 Å². The molecule has 116 valence electrons. The van der Waals surface area contributed by atoms with E-state index < -0.39 is 10.0 Å². The molecule has 2 N–H and O–H groups in total. The van der Waals surface area contributed by atoms with Crippen LogP contribution in [0.2, 0.25) is 0 Å². The first-order chi connectivity index (χ1) is 9.85. The second-order valence-corrected chi connectivity index (χ2v) is 7.18. The average molecular weight is 330 g/mol. The van der Waals surface area contributed by atoms with Crippen molar-refractivity contribution in [1.82, 2.24) is 14.8 Å². The summed E-state index contributed by atoms with van der Waals surface area (Å²) in [6, 6.07) is 0. The molecule has 2 aromatic rings. The molecule has 2 aromatic heterocycles. The molecule has 0 aliphatic heterocycles. The van der Waals surface area contributed by atoms with Crippen molar-refractivity contribution >= 4 is 26.5 Å². The number of aliphatic hydroxyl groups excluding tert-OH is 1. The maximum atomic E-state index is 12.5. The van der Waals surface area contributed by atoms with Crippen LogP contribution in [0.3, 0.4) is 0 Å². The summed E-state index contributed by atoms with van der Waals surface area (Å²) in [6.45, 7) is 5.69. The first kappa shape index (κ1) is 15.9. The van der Waals surface area contributed by atoms with Gasteiger partial charge in [-0.15, -0.1) is 11.3 Å². The van der Waals surface area contributed by atoms with Gasteiger partial charge in [0.1, 0.15) is 4.90 Å². The number of aliphatic hydroxyl groups is 1. The zero-order chi connectivity index (χ0) is 15.6. The first-order valence-electron chi connectivity index (χ1n) is 6.45. The number of hydrogen-bond donors (Lipinski definition) is 2. The summed E-state index contributed by atoms with van der Waals surface area (Å²) in [7, 11) is -3.71. The number of nitrogens with one attached hydrogen (secondary N) is 1. The zero-order valence-electron chi connectivity index (χ0n) is 12.1. The van der Waals surface area contributed by atoms with E-state index >= 15 is 0 Å². The van der Waals surface area contributed by atoms with E-state index in [0.717, 1.165) is 5.69 Å². The van der Waals surface area contributed by atoms with Crippen molar-refractivity contribution in [3.05, 3.63) is 22.5 Å². The van der Waals surface area contributed by atoms with Gasteiger partial charge in [0, 0.05) is 18.5 Å². The molecule has 0 aliphatic rings. The molecule has 2 heterocycles. The summed E-state index contributed by atoms with van der Waals surface area (Å²) < 4.78 is 29.1. The molecule has 0 unspecified atom stereocenters. The summed E-state index contributed by atoms with van der Waals surface area (Å²) in [5, 5.41) is 15.2. The Labute approximate surface area is 127 Å². The molecule has 0 bridgehead atoms. The van der Waals surface area contributed by atoms with Crippen LogP contribution in [-0.2, 0) is 16.6 Å². The van der Waals surface area contributed by atoms with Gasteiger partial charge in [0.25, 0.3) is 10.0 Å². The van der Waals surface area contributed by atoms with Gasteiger partial charge < -0.3 is 5.11 Å². The van der Waals surface area contributed by atoms with Crippen molar-refractivity contribution < 1.29 is 13.5 Å². The van der Waals surface area contributed by atoms with Crippen LogP contribution < -0.4 is 4.72 Å². The van der Waals surface area contributed by atoms with Gasteiger partial charge in [0.2, 0.25) is 0 Å². The van der Waals surface area contributed by atoms with Crippen LogP contribution >= 0.6 is 11.3 Å². The lowest BCUT2D eigenvalue weighted by Gasteiger charge is -2.06. The first-order valence-corrected chi connectivity index (χ1v) is 8.81. The smallest absolute Gasteiger partial charge is 0.267 e. The lowest BCUT2D eigenvalue weighted by molar-refractivity contribution is 0.276. The summed E-state index contributed by atoms with van der Waals surface area (Å²) in [5.41, 5.74) is 1.76. The van der Waals surface area contributed by atoms with Gasteiger partial charge in [-0.05, 0) is 27.2 Å². The molecule has 0 aromatic carbocycles. The second-order valence-electron chi connectivity index (χ2n) is 4.70. The van der Waals surface area contributed by atoms with Crippen LogP contribution in [0.4, 0.5) is 5.13 Å². The van der Waals surface area contributed by atoms with Gasteiger partial charge in [0.05, 0.1) is 17.1 Å². The number of rotatable bonds is 6. The number of aromatic nitrogens is 3. The highest BCUT2D eigenvalue weighted by molar-refractivity contribution is 7.93. The quantitative estimate of drug-likeness (QED) is 0.835. The molecule has 0 amide bonds. The molecule has 0 radical (unpaired) electrons. The van der Waals surface area contributed by atoms with Crippen LogP contribution in [0.5, 0.6) is 0 Å². The van der Waals surface area contributed by atoms with Crippen LogP contribution in [-0.4, -0.2) is 34.9 Å². The minimum absolute atomic E-state index is 0.0388. The van der Waals surface area contributed by atoms with Gasteiger partial charge in [-0.3, -0.25) is 9.40 Å². The minimum atomic E-state index is -3.71. The van der Waals surface area contributed by atoms with Crippen LogP contribution in [0.25, 0.3) is 0 Å². The Bertz CT molecular complexity index is 734. The maximum absolute atomic E-state index is 12.5. The van der Waals surface area contributed by atoms with Gasteiger partial charge in [-0.1, -0.05) is 0 Å². The van der Waals surface area contributed by atoms with Gasteiger partial charge in [-0.25, -0.2) is 13.4 Å². The van der Waals surface area contributed by atoms with Crippen molar-refractivity contribution in [2.24, 2.45) is 0 Å². The van der Waals surface area contributed by atoms with Crippen molar-refractivity contribution in [3.8, 4) is 0 Å². The Morgan fingerprint density at radius 3 is 2.67 bits per heavy atom. The molecule has 21 heavy (non-hydrogen) atoms. The summed E-state index contributed by atoms with van der Waals surface area (Å²) in [6.07, 6.45) is 0.528. The zero-order valence-corrected chi connectivity index (χ0v) is 13.8. The lowest BCUT2D eigenvalue weighted by atomic mass is 10.4. The van der Waals surface area contributed by atoms with E-state index in [1.54, 1.807) is 30.8 Å². The monoisotopic (exact) mass is 330 g/mol. The van der Waals surface area contributed by atoms with Gasteiger partial charge in [-0.2, -0.15) is 5.10 Å². The predicted molar refractivity (Wildman–Crippen MR) is 81.1 cm³/mol. The van der Waals surface area contributed by atoms with E-state index in [0.29, 0.717) is 29.5 Å². The highest BCUT2D eigenvalue weighted by Crippen LogP contribution is 2.24. The number of anilines is 1. The molecular weight excluding hydrogens is 312 g/mol. The molecule has 0 saturated carbocycles. The summed E-state index contributed by atoms with van der Waals surface area (Å²) >= 11 is 1.24. The van der Waals surface area contributed by atoms with Crippen LogP contribution in [0.15, 0.2) is 10.3 Å². The van der Waals surface area contributed by atoms with Crippen molar-refractivity contribution in [3.63, 3.8) is 0 Å². The Morgan fingerprint density at radius 2 is 2.10 bits per heavy atom. The molecule has 7 nitrogen and oxygen atoms in total. The Kier molecular flexibility index (Phi) is 4.64. The van der Waals surface area contributed by atoms with Gasteiger partial charge in [0.15, 0.2) is 5.13 Å². The standard InChI is InChI=1S/C12H18N4O3S2/c1-8-7-20-12(13-8)15-21(18,19)11-9(2)14-16(10(11)3)5-4-6-17/h7,17H,4-6H2,1-3H3,(H,13,15). The molecule has 0 atom stereocenters. The molecule has 0 fully saturated rings. The Morgan fingerprint density at radius 1 is 1.38 bits per heavy atom. The fourth-order valence-electron chi connectivity index (χ4n) is 2.07. The second kappa shape index (κ2) is 6.12. The molecule has 2 rings (SSSR count). The third-order valence-electron chi connectivity index (χ3n) is 2.95. The minimum Gasteiger partial charge on any atom is -0.396 e. The molecule has 0 spiro atoms. The van der Waals surface area contributed by atoms with E-state index in [1.807, 2.05) is 0 Å². The number of hydrogen-bond acceptors (Lipinski definition) is 6. The molecule has 0 aliphatic carbocycles. The molecular formula is C12H18N4O3S2. The average Bonchev–Trinajstić information content (AvgIpc) is 2.90. The van der Waals surface area contributed by atoms with Crippen molar-refractivity contribution in [2.75, 3.05) is 11.3 Å². The van der Waals surface area contributed by atoms with Gasteiger partial charge >= 0.3 is 0 Å². The van der Waals surface area contributed by atoms with E-state index in [2.05, 4.69) is 14.8 Å². The third kappa shape index (κ3) is 3.42. The van der Waals surface area contributed by atoms with Crippen LogP contribution in [0.1, 0.15) is 23.5 Å². The number of aryl methyl sites for hydroxylation is 3. The van der Waals surface area contributed by atoms with E-state index in [4.69, 9.17) is 5.11 Å². The maximum Gasteiger partial charge on any atom is 0.267 e. The van der Waals surface area contributed by atoms with E-state index in [-0.39, 0.29) is 11.5 Å². The topological polar surface area (TPSA) is 97.1 Å². The highest BCUT2D eigenvalue weighted by atomic mass is 32.2. The number of sulfonamides is 1. The fraction of sp³-hybridized carbons (Fsp3) is 0.500. The fourth-order valence-corrected chi connectivity index (χ4v) is 4.43. The Balaban J connectivity index is 2.33.